The molecule has 25 heavy (non-hydrogen) atoms. The molecule has 3 heterocycles. The molecule has 0 spiro atoms. The second-order valence-corrected chi connectivity index (χ2v) is 6.87. The Labute approximate surface area is 146 Å². The Morgan fingerprint density at radius 1 is 1.48 bits per heavy atom. The highest BCUT2D eigenvalue weighted by molar-refractivity contribution is 6.07. The lowest BCUT2D eigenvalue weighted by Crippen LogP contribution is -2.51. The number of nitrogens with zero attached hydrogens (tertiary/aromatic N) is 4. The van der Waals surface area contributed by atoms with Crippen molar-refractivity contribution in [2.75, 3.05) is 13.1 Å². The highest BCUT2D eigenvalue weighted by atomic mass is 16.2. The van der Waals surface area contributed by atoms with Gasteiger partial charge in [-0.1, -0.05) is 6.92 Å². The van der Waals surface area contributed by atoms with Crippen LogP contribution in [0, 0.1) is 0 Å². The van der Waals surface area contributed by atoms with E-state index in [1.807, 2.05) is 31.3 Å². The molecule has 3 rings (SSSR count). The minimum atomic E-state index is -0.962. The van der Waals surface area contributed by atoms with Crippen LogP contribution in [0.1, 0.15) is 44.7 Å². The number of carbonyl (C=O) groups excluding carboxylic acids is 3. The van der Waals surface area contributed by atoms with Crippen molar-refractivity contribution >= 4 is 17.8 Å². The van der Waals surface area contributed by atoms with Crippen molar-refractivity contribution in [1.29, 1.82) is 0 Å². The third-order valence-corrected chi connectivity index (χ3v) is 5.02. The Kier molecular flexibility index (Phi) is 4.51. The first-order valence-corrected chi connectivity index (χ1v) is 8.53. The Morgan fingerprint density at radius 2 is 2.24 bits per heavy atom. The molecule has 1 aromatic rings. The second kappa shape index (κ2) is 6.47. The van der Waals surface area contributed by atoms with Gasteiger partial charge in [0, 0.05) is 24.8 Å². The van der Waals surface area contributed by atoms with Gasteiger partial charge in [-0.25, -0.2) is 4.79 Å². The van der Waals surface area contributed by atoms with E-state index in [1.165, 1.54) is 0 Å². The summed E-state index contributed by atoms with van der Waals surface area (Å²) in [7, 11) is 1.86. The quantitative estimate of drug-likeness (QED) is 0.746. The van der Waals surface area contributed by atoms with Crippen LogP contribution in [-0.2, 0) is 16.6 Å². The lowest BCUT2D eigenvalue weighted by Gasteiger charge is -2.24. The number of aryl methyl sites for hydroxylation is 1. The number of hydrazine groups is 1. The third kappa shape index (κ3) is 3.23. The molecule has 0 radical (unpaired) electrons. The van der Waals surface area contributed by atoms with E-state index in [9.17, 15) is 14.4 Å². The molecule has 4 amide bonds. The first-order valence-electron chi connectivity index (χ1n) is 8.53. The first kappa shape index (κ1) is 17.4. The van der Waals surface area contributed by atoms with Gasteiger partial charge in [0.15, 0.2) is 0 Å². The van der Waals surface area contributed by atoms with Crippen molar-refractivity contribution in [3.63, 3.8) is 0 Å². The Bertz CT molecular complexity index is 702. The summed E-state index contributed by atoms with van der Waals surface area (Å²) >= 11 is 0. The summed E-state index contributed by atoms with van der Waals surface area (Å²) in [6.07, 6.45) is 6.16. The molecular weight excluding hydrogens is 324 g/mol. The molecule has 2 N–H and O–H groups in total. The van der Waals surface area contributed by atoms with Crippen molar-refractivity contribution in [3.05, 3.63) is 18.0 Å². The molecule has 0 saturated carbocycles. The van der Waals surface area contributed by atoms with Crippen molar-refractivity contribution in [2.45, 2.75) is 44.7 Å². The van der Waals surface area contributed by atoms with Crippen molar-refractivity contribution in [3.8, 4) is 0 Å². The van der Waals surface area contributed by atoms with Crippen LogP contribution in [-0.4, -0.2) is 56.2 Å². The van der Waals surface area contributed by atoms with Crippen LogP contribution in [0.5, 0.6) is 0 Å². The van der Waals surface area contributed by atoms with E-state index >= 15 is 0 Å². The Morgan fingerprint density at radius 3 is 2.84 bits per heavy atom. The monoisotopic (exact) mass is 348 g/mol. The van der Waals surface area contributed by atoms with Crippen LogP contribution >= 0.6 is 0 Å². The third-order valence-electron chi connectivity index (χ3n) is 5.02. The molecule has 2 fully saturated rings. The molecule has 2 aliphatic heterocycles. The molecule has 2 aliphatic rings. The van der Waals surface area contributed by atoms with E-state index < -0.39 is 17.5 Å². The average Bonchev–Trinajstić information content (AvgIpc) is 3.24. The van der Waals surface area contributed by atoms with Gasteiger partial charge in [0.05, 0.1) is 12.7 Å². The predicted molar refractivity (Wildman–Crippen MR) is 89.0 cm³/mol. The molecule has 2 atom stereocenters. The van der Waals surface area contributed by atoms with Crippen LogP contribution < -0.4 is 10.7 Å². The zero-order chi connectivity index (χ0) is 18.2. The van der Waals surface area contributed by atoms with Gasteiger partial charge in [0.2, 0.25) is 0 Å². The zero-order valence-electron chi connectivity index (χ0n) is 14.8. The number of hydrogen-bond acceptors (Lipinski definition) is 5. The van der Waals surface area contributed by atoms with Crippen LogP contribution in [0.15, 0.2) is 12.4 Å². The number of imide groups is 1. The molecule has 9 heteroatoms. The van der Waals surface area contributed by atoms with E-state index in [4.69, 9.17) is 0 Å². The van der Waals surface area contributed by atoms with E-state index in [-0.39, 0.29) is 18.5 Å². The number of hydrogen-bond donors (Lipinski definition) is 2. The van der Waals surface area contributed by atoms with Gasteiger partial charge in [0.25, 0.3) is 11.8 Å². The summed E-state index contributed by atoms with van der Waals surface area (Å²) < 4.78 is 1.74. The van der Waals surface area contributed by atoms with Crippen molar-refractivity contribution in [2.24, 2.45) is 7.05 Å². The maximum absolute atomic E-state index is 12.4. The van der Waals surface area contributed by atoms with Gasteiger partial charge < -0.3 is 5.32 Å². The molecule has 136 valence electrons. The molecule has 0 bridgehead atoms. The number of likely N-dealkylation sites (tertiary alicyclic amines) is 1. The van der Waals surface area contributed by atoms with Gasteiger partial charge >= 0.3 is 6.03 Å². The molecule has 2 unspecified atom stereocenters. The maximum atomic E-state index is 12.4. The SMILES string of the molecule is CCC1(C)NC(=O)N(NC(=O)CN2CCCC2c2cnn(C)c2)C1=O. The number of nitrogens with one attached hydrogen (secondary N) is 2. The summed E-state index contributed by atoms with van der Waals surface area (Å²) in [5.41, 5.74) is 2.55. The van der Waals surface area contributed by atoms with Crippen LogP contribution in [0.2, 0.25) is 0 Å². The van der Waals surface area contributed by atoms with Crippen LogP contribution in [0.4, 0.5) is 4.79 Å². The van der Waals surface area contributed by atoms with Crippen LogP contribution in [0.3, 0.4) is 0 Å². The highest BCUT2D eigenvalue weighted by Gasteiger charge is 2.47. The predicted octanol–water partition coefficient (Wildman–Crippen LogP) is 0.309. The van der Waals surface area contributed by atoms with Crippen molar-refractivity contribution in [1.82, 2.24) is 30.4 Å². The first-order chi connectivity index (χ1) is 11.8. The number of aromatic nitrogens is 2. The van der Waals surface area contributed by atoms with Gasteiger partial charge in [-0.2, -0.15) is 10.1 Å². The minimum absolute atomic E-state index is 0.124. The zero-order valence-corrected chi connectivity index (χ0v) is 14.8. The summed E-state index contributed by atoms with van der Waals surface area (Å²) in [5.74, 6) is -0.807. The Balaban J connectivity index is 1.63. The fourth-order valence-electron chi connectivity index (χ4n) is 3.38. The topological polar surface area (TPSA) is 99.6 Å². The molecule has 1 aromatic heterocycles. The van der Waals surface area contributed by atoms with E-state index in [0.717, 1.165) is 30.0 Å². The molecular formula is C16H24N6O3. The number of urea groups is 1. The summed E-state index contributed by atoms with van der Waals surface area (Å²) in [6, 6.07) is -0.462. The normalized spacial score (nSPS) is 27.0. The van der Waals surface area contributed by atoms with Gasteiger partial charge in [-0.3, -0.25) is 24.6 Å². The number of carbonyl (C=O) groups is 3. The number of amides is 4. The smallest absolute Gasteiger partial charge is 0.322 e. The lowest BCUT2D eigenvalue weighted by molar-refractivity contribution is -0.139. The lowest BCUT2D eigenvalue weighted by atomic mass is 10.00. The summed E-state index contributed by atoms with van der Waals surface area (Å²) in [5, 5.41) is 7.59. The fraction of sp³-hybridized carbons (Fsp3) is 0.625. The fourth-order valence-corrected chi connectivity index (χ4v) is 3.38. The van der Waals surface area contributed by atoms with Crippen molar-refractivity contribution < 1.29 is 14.4 Å². The highest BCUT2D eigenvalue weighted by Crippen LogP contribution is 2.31. The standard InChI is InChI=1S/C16H24N6O3/c1-4-16(2)14(24)22(15(25)18-16)19-13(23)10-21-7-5-6-12(21)11-8-17-20(3)9-11/h8-9,12H,4-7,10H2,1-3H3,(H,18,25)(H,19,23). The second-order valence-electron chi connectivity index (χ2n) is 6.87. The van der Waals surface area contributed by atoms with Crippen LogP contribution in [0.25, 0.3) is 0 Å². The van der Waals surface area contributed by atoms with E-state index in [1.54, 1.807) is 11.6 Å². The number of rotatable bonds is 5. The van der Waals surface area contributed by atoms with Gasteiger partial charge in [-0.05, 0) is 32.7 Å². The Hall–Kier alpha value is -2.42. The molecule has 9 nitrogen and oxygen atoms in total. The van der Waals surface area contributed by atoms with E-state index in [2.05, 4.69) is 15.8 Å². The molecule has 0 aromatic carbocycles. The average molecular weight is 348 g/mol. The molecule has 0 aliphatic carbocycles. The summed E-state index contributed by atoms with van der Waals surface area (Å²) in [4.78, 5) is 38.7. The molecule has 2 saturated heterocycles. The minimum Gasteiger partial charge on any atom is -0.322 e. The largest absolute Gasteiger partial charge is 0.344 e. The van der Waals surface area contributed by atoms with Gasteiger partial charge in [0.1, 0.15) is 5.54 Å². The van der Waals surface area contributed by atoms with E-state index in [0.29, 0.717) is 6.42 Å². The maximum Gasteiger partial charge on any atom is 0.344 e. The summed E-state index contributed by atoms with van der Waals surface area (Å²) in [6.45, 7) is 4.38. The van der Waals surface area contributed by atoms with Gasteiger partial charge in [-0.15, -0.1) is 0 Å².